The Morgan fingerprint density at radius 2 is 1.93 bits per heavy atom. The molecule has 6 nitrogen and oxygen atoms in total. The average Bonchev–Trinajstić information content (AvgIpc) is 3.47. The van der Waals surface area contributed by atoms with Crippen molar-refractivity contribution in [3.8, 4) is 28.4 Å². The Morgan fingerprint density at radius 1 is 1.14 bits per heavy atom. The highest BCUT2D eigenvalue weighted by atomic mass is 16.5. The van der Waals surface area contributed by atoms with Crippen LogP contribution in [0, 0.1) is 5.92 Å². The lowest BCUT2D eigenvalue weighted by molar-refractivity contribution is 0.0952. The molecule has 1 heterocycles. The molecule has 28 heavy (non-hydrogen) atoms. The maximum absolute atomic E-state index is 12.9. The molecule has 0 aliphatic heterocycles. The molecular weight excluding hydrogens is 354 g/mol. The predicted octanol–water partition coefficient (Wildman–Crippen LogP) is 3.70. The van der Waals surface area contributed by atoms with Gasteiger partial charge >= 0.3 is 0 Å². The zero-order chi connectivity index (χ0) is 19.5. The van der Waals surface area contributed by atoms with Crippen LogP contribution in [-0.2, 0) is 0 Å². The minimum absolute atomic E-state index is 0.131. The summed E-state index contributed by atoms with van der Waals surface area (Å²) in [5.74, 6) is 1.78. The van der Waals surface area contributed by atoms with Gasteiger partial charge in [0.05, 0.1) is 25.5 Å². The van der Waals surface area contributed by atoms with Crippen molar-refractivity contribution in [2.24, 2.45) is 5.92 Å². The highest BCUT2D eigenvalue weighted by Gasteiger charge is 2.25. The van der Waals surface area contributed by atoms with Gasteiger partial charge in [-0.1, -0.05) is 18.2 Å². The number of carbonyl (C=O) groups is 1. The molecule has 0 bridgehead atoms. The average molecular weight is 377 g/mol. The molecule has 4 rings (SSSR count). The lowest BCUT2D eigenvalue weighted by Gasteiger charge is -2.10. The summed E-state index contributed by atoms with van der Waals surface area (Å²) in [5, 5.41) is 7.76. The van der Waals surface area contributed by atoms with E-state index < -0.39 is 0 Å². The van der Waals surface area contributed by atoms with E-state index in [-0.39, 0.29) is 5.91 Å². The summed E-state index contributed by atoms with van der Waals surface area (Å²) in [5.41, 5.74) is 2.67. The van der Waals surface area contributed by atoms with E-state index in [1.807, 2.05) is 48.5 Å². The number of para-hydroxylation sites is 1. The van der Waals surface area contributed by atoms with Crippen LogP contribution >= 0.6 is 0 Å². The maximum Gasteiger partial charge on any atom is 0.255 e. The molecule has 1 aromatic heterocycles. The van der Waals surface area contributed by atoms with Crippen LogP contribution < -0.4 is 14.8 Å². The fourth-order valence-electron chi connectivity index (χ4n) is 3.11. The molecule has 6 heteroatoms. The summed E-state index contributed by atoms with van der Waals surface area (Å²) in [6.45, 7) is 0.698. The fraction of sp³-hybridized carbons (Fsp3) is 0.273. The van der Waals surface area contributed by atoms with Gasteiger partial charge in [-0.2, -0.15) is 5.10 Å². The number of nitrogens with zero attached hydrogens (tertiary/aromatic N) is 2. The molecule has 0 saturated heterocycles. The van der Waals surface area contributed by atoms with Gasteiger partial charge in [0.15, 0.2) is 0 Å². The fourth-order valence-corrected chi connectivity index (χ4v) is 3.11. The van der Waals surface area contributed by atoms with Gasteiger partial charge in [0.1, 0.15) is 17.2 Å². The molecular formula is C22H23N3O3. The van der Waals surface area contributed by atoms with Crippen molar-refractivity contribution in [1.82, 2.24) is 15.1 Å². The van der Waals surface area contributed by atoms with Crippen LogP contribution in [0.2, 0.25) is 0 Å². The Balaban J connectivity index is 1.80. The first kappa shape index (κ1) is 18.1. The number of rotatable bonds is 7. The van der Waals surface area contributed by atoms with E-state index in [2.05, 4.69) is 5.32 Å². The van der Waals surface area contributed by atoms with Gasteiger partial charge in [-0.3, -0.25) is 4.79 Å². The second kappa shape index (κ2) is 7.76. The first-order valence-corrected chi connectivity index (χ1v) is 9.35. The molecule has 1 aliphatic rings. The van der Waals surface area contributed by atoms with Crippen molar-refractivity contribution >= 4 is 5.91 Å². The van der Waals surface area contributed by atoms with Gasteiger partial charge < -0.3 is 14.8 Å². The third kappa shape index (κ3) is 3.71. The predicted molar refractivity (Wildman–Crippen MR) is 107 cm³/mol. The molecule has 1 N–H and O–H groups in total. The van der Waals surface area contributed by atoms with E-state index in [4.69, 9.17) is 14.6 Å². The molecule has 3 aromatic rings. The summed E-state index contributed by atoms with van der Waals surface area (Å²) in [4.78, 5) is 12.9. The Hall–Kier alpha value is -3.28. The molecule has 0 spiro atoms. The van der Waals surface area contributed by atoms with Gasteiger partial charge in [-0.15, -0.1) is 0 Å². The molecule has 1 amide bonds. The number of methoxy groups -OCH3 is 2. The van der Waals surface area contributed by atoms with E-state index in [1.165, 1.54) is 12.8 Å². The lowest BCUT2D eigenvalue weighted by Crippen LogP contribution is -2.25. The van der Waals surface area contributed by atoms with Crippen LogP contribution in [0.25, 0.3) is 16.9 Å². The SMILES string of the molecule is COc1ccc(OC)c(-c2nn(-c3ccccc3)cc2C(=O)NCC2CC2)c1. The Morgan fingerprint density at radius 3 is 2.61 bits per heavy atom. The summed E-state index contributed by atoms with van der Waals surface area (Å²) in [7, 11) is 3.21. The zero-order valence-corrected chi connectivity index (χ0v) is 16.0. The monoisotopic (exact) mass is 377 g/mol. The number of nitrogens with one attached hydrogen (secondary N) is 1. The summed E-state index contributed by atoms with van der Waals surface area (Å²) in [6.07, 6.45) is 4.13. The normalized spacial score (nSPS) is 13.2. The van der Waals surface area contributed by atoms with Gasteiger partial charge in [0, 0.05) is 18.3 Å². The minimum Gasteiger partial charge on any atom is -0.497 e. The van der Waals surface area contributed by atoms with Crippen LogP contribution in [0.4, 0.5) is 0 Å². The zero-order valence-electron chi connectivity index (χ0n) is 16.0. The number of hydrogen-bond acceptors (Lipinski definition) is 4. The topological polar surface area (TPSA) is 65.4 Å². The first-order valence-electron chi connectivity index (χ1n) is 9.35. The molecule has 0 radical (unpaired) electrons. The van der Waals surface area contributed by atoms with Gasteiger partial charge in [0.25, 0.3) is 5.91 Å². The van der Waals surface area contributed by atoms with Crippen molar-refractivity contribution in [2.75, 3.05) is 20.8 Å². The van der Waals surface area contributed by atoms with Crippen molar-refractivity contribution in [3.63, 3.8) is 0 Å². The van der Waals surface area contributed by atoms with Gasteiger partial charge in [-0.05, 0) is 49.1 Å². The van der Waals surface area contributed by atoms with Crippen molar-refractivity contribution in [1.29, 1.82) is 0 Å². The third-order valence-corrected chi connectivity index (χ3v) is 4.89. The van der Waals surface area contributed by atoms with Crippen LogP contribution in [0.1, 0.15) is 23.2 Å². The standard InChI is InChI=1S/C22H23N3O3/c1-27-17-10-11-20(28-2)18(12-17)21-19(22(26)23-13-15-8-9-15)14-25(24-21)16-6-4-3-5-7-16/h3-7,10-12,14-15H,8-9,13H2,1-2H3,(H,23,26). The largest absolute Gasteiger partial charge is 0.497 e. The molecule has 0 atom stereocenters. The molecule has 144 valence electrons. The second-order valence-electron chi connectivity index (χ2n) is 6.89. The van der Waals surface area contributed by atoms with Crippen LogP contribution in [0.3, 0.4) is 0 Å². The number of carbonyl (C=O) groups excluding carboxylic acids is 1. The number of aromatic nitrogens is 2. The number of hydrogen-bond donors (Lipinski definition) is 1. The Labute approximate surface area is 164 Å². The Kier molecular flexibility index (Phi) is 5.02. The van der Waals surface area contributed by atoms with Gasteiger partial charge in [0.2, 0.25) is 0 Å². The van der Waals surface area contributed by atoms with Crippen LogP contribution in [0.5, 0.6) is 11.5 Å². The quantitative estimate of drug-likeness (QED) is 0.682. The number of amides is 1. The van der Waals surface area contributed by atoms with Crippen molar-refractivity contribution < 1.29 is 14.3 Å². The van der Waals surface area contributed by atoms with E-state index in [9.17, 15) is 4.79 Å². The molecule has 1 aliphatic carbocycles. The molecule has 2 aromatic carbocycles. The smallest absolute Gasteiger partial charge is 0.255 e. The van der Waals surface area contributed by atoms with E-state index >= 15 is 0 Å². The number of benzene rings is 2. The van der Waals surface area contributed by atoms with E-state index in [0.717, 1.165) is 5.69 Å². The third-order valence-electron chi connectivity index (χ3n) is 4.89. The van der Waals surface area contributed by atoms with Crippen LogP contribution in [-0.4, -0.2) is 36.5 Å². The first-order chi connectivity index (χ1) is 13.7. The van der Waals surface area contributed by atoms with Crippen LogP contribution in [0.15, 0.2) is 54.7 Å². The molecule has 1 fully saturated rings. The van der Waals surface area contributed by atoms with Crippen molar-refractivity contribution in [2.45, 2.75) is 12.8 Å². The summed E-state index contributed by atoms with van der Waals surface area (Å²) >= 11 is 0. The lowest BCUT2D eigenvalue weighted by atomic mass is 10.1. The summed E-state index contributed by atoms with van der Waals surface area (Å²) < 4.78 is 12.6. The minimum atomic E-state index is -0.131. The maximum atomic E-state index is 12.9. The van der Waals surface area contributed by atoms with E-state index in [1.54, 1.807) is 25.1 Å². The molecule has 0 unspecified atom stereocenters. The number of ether oxygens (including phenoxy) is 2. The highest BCUT2D eigenvalue weighted by Crippen LogP contribution is 2.35. The second-order valence-corrected chi connectivity index (χ2v) is 6.89. The van der Waals surface area contributed by atoms with E-state index in [0.29, 0.717) is 40.8 Å². The highest BCUT2D eigenvalue weighted by molar-refractivity contribution is 6.00. The Bertz CT molecular complexity index is 978. The van der Waals surface area contributed by atoms with Gasteiger partial charge in [-0.25, -0.2) is 4.68 Å². The van der Waals surface area contributed by atoms with Crippen molar-refractivity contribution in [3.05, 3.63) is 60.3 Å². The summed E-state index contributed by atoms with van der Waals surface area (Å²) in [6, 6.07) is 15.2. The molecule has 1 saturated carbocycles.